The fourth-order valence-electron chi connectivity index (χ4n) is 1.86. The largest absolute Gasteiger partial charge is 0.274 e. The average Bonchev–Trinajstić information content (AvgIpc) is 3.18. The van der Waals surface area contributed by atoms with Gasteiger partial charge in [0.15, 0.2) is 5.13 Å². The van der Waals surface area contributed by atoms with E-state index in [9.17, 15) is 9.18 Å². The first-order valence-electron chi connectivity index (χ1n) is 6.55. The van der Waals surface area contributed by atoms with Crippen molar-refractivity contribution in [3.63, 3.8) is 0 Å². The van der Waals surface area contributed by atoms with Crippen molar-refractivity contribution in [3.05, 3.63) is 53.8 Å². The van der Waals surface area contributed by atoms with E-state index in [1.807, 2.05) is 0 Å². The van der Waals surface area contributed by atoms with E-state index in [0.29, 0.717) is 10.8 Å². The first-order valence-corrected chi connectivity index (χ1v) is 7.43. The SMILES string of the molecule is CC(=O)N(c1nc(/C=N\n2cnnc2)cs1)c1ccccc1F. The summed E-state index contributed by atoms with van der Waals surface area (Å²) in [6, 6.07) is 6.06. The smallest absolute Gasteiger partial charge is 0.230 e. The highest BCUT2D eigenvalue weighted by molar-refractivity contribution is 7.14. The minimum atomic E-state index is -0.488. The molecule has 0 fully saturated rings. The fraction of sp³-hybridized carbons (Fsp3) is 0.0714. The molecule has 9 heteroatoms. The van der Waals surface area contributed by atoms with Crippen LogP contribution in [0.3, 0.4) is 0 Å². The van der Waals surface area contributed by atoms with Gasteiger partial charge >= 0.3 is 0 Å². The minimum absolute atomic E-state index is 0.164. The summed E-state index contributed by atoms with van der Waals surface area (Å²) in [7, 11) is 0. The first-order chi connectivity index (χ1) is 11.1. The number of halogens is 1. The summed E-state index contributed by atoms with van der Waals surface area (Å²) in [6.45, 7) is 1.36. The van der Waals surface area contributed by atoms with Gasteiger partial charge in [-0.1, -0.05) is 12.1 Å². The summed E-state index contributed by atoms with van der Waals surface area (Å²) in [5, 5.41) is 13.4. The number of aromatic nitrogens is 4. The summed E-state index contributed by atoms with van der Waals surface area (Å²) < 4.78 is 15.4. The summed E-state index contributed by atoms with van der Waals surface area (Å²) in [5.41, 5.74) is 0.706. The summed E-state index contributed by atoms with van der Waals surface area (Å²) in [6.07, 6.45) is 4.37. The van der Waals surface area contributed by atoms with Crippen LogP contribution in [0, 0.1) is 5.82 Å². The van der Waals surface area contributed by atoms with Gasteiger partial charge in [-0.3, -0.25) is 9.69 Å². The molecular formula is C14H11FN6OS. The Labute approximate surface area is 134 Å². The van der Waals surface area contributed by atoms with Crippen LogP contribution in [0.5, 0.6) is 0 Å². The molecule has 23 heavy (non-hydrogen) atoms. The topological polar surface area (TPSA) is 76.3 Å². The highest BCUT2D eigenvalue weighted by atomic mass is 32.1. The van der Waals surface area contributed by atoms with Gasteiger partial charge in [-0.2, -0.15) is 5.10 Å². The van der Waals surface area contributed by atoms with E-state index in [1.54, 1.807) is 17.5 Å². The van der Waals surface area contributed by atoms with Gasteiger partial charge in [0.25, 0.3) is 0 Å². The standard InChI is InChI=1S/C14H11FN6OS/c1-10(22)21(13-5-3-2-4-12(13)15)14-19-11(7-23-14)6-18-20-8-16-17-9-20/h2-9H,1H3/b18-6-. The molecule has 2 aromatic heterocycles. The van der Waals surface area contributed by atoms with Gasteiger partial charge in [0.1, 0.15) is 18.5 Å². The lowest BCUT2D eigenvalue weighted by atomic mass is 10.3. The van der Waals surface area contributed by atoms with Crippen molar-refractivity contribution in [1.29, 1.82) is 0 Å². The average molecular weight is 330 g/mol. The molecule has 0 N–H and O–H groups in total. The zero-order valence-corrected chi connectivity index (χ0v) is 12.8. The van der Waals surface area contributed by atoms with Gasteiger partial charge in [-0.05, 0) is 12.1 Å². The third-order valence-corrected chi connectivity index (χ3v) is 3.68. The van der Waals surface area contributed by atoms with Gasteiger partial charge in [0.05, 0.1) is 17.6 Å². The maximum Gasteiger partial charge on any atom is 0.230 e. The van der Waals surface area contributed by atoms with Crippen LogP contribution < -0.4 is 4.90 Å². The number of anilines is 2. The molecule has 1 aromatic carbocycles. The lowest BCUT2D eigenvalue weighted by molar-refractivity contribution is -0.115. The van der Waals surface area contributed by atoms with Crippen LogP contribution in [-0.4, -0.2) is 32.0 Å². The number of hydrogen-bond donors (Lipinski definition) is 0. The molecule has 116 valence electrons. The zero-order chi connectivity index (χ0) is 16.2. The van der Waals surface area contributed by atoms with Gasteiger partial charge in [0.2, 0.25) is 5.91 Å². The second-order valence-corrected chi connectivity index (χ2v) is 5.28. The van der Waals surface area contributed by atoms with Crippen molar-refractivity contribution in [2.45, 2.75) is 6.92 Å². The molecule has 1 amide bonds. The van der Waals surface area contributed by atoms with Crippen molar-refractivity contribution in [2.75, 3.05) is 4.90 Å². The molecule has 0 atom stereocenters. The molecule has 0 aliphatic carbocycles. The van der Waals surface area contributed by atoms with E-state index in [2.05, 4.69) is 20.3 Å². The Morgan fingerprint density at radius 1 is 1.35 bits per heavy atom. The third kappa shape index (κ3) is 3.29. The molecule has 0 saturated carbocycles. The van der Waals surface area contributed by atoms with Gasteiger partial charge in [-0.15, -0.1) is 21.5 Å². The van der Waals surface area contributed by atoms with Crippen LogP contribution in [-0.2, 0) is 4.79 Å². The number of rotatable bonds is 4. The van der Waals surface area contributed by atoms with E-state index >= 15 is 0 Å². The van der Waals surface area contributed by atoms with Crippen molar-refractivity contribution >= 4 is 34.3 Å². The molecule has 0 spiro atoms. The Morgan fingerprint density at radius 3 is 2.78 bits per heavy atom. The monoisotopic (exact) mass is 330 g/mol. The number of carbonyl (C=O) groups excluding carboxylic acids is 1. The summed E-state index contributed by atoms with van der Waals surface area (Å²) in [4.78, 5) is 17.5. The molecular weight excluding hydrogens is 319 g/mol. The van der Waals surface area contributed by atoms with E-state index in [4.69, 9.17) is 0 Å². The third-order valence-electron chi connectivity index (χ3n) is 2.84. The molecule has 0 saturated heterocycles. The Hall–Kier alpha value is -2.94. The molecule has 3 aromatic rings. The van der Waals surface area contributed by atoms with Crippen molar-refractivity contribution in [1.82, 2.24) is 19.9 Å². The van der Waals surface area contributed by atoms with Crippen LogP contribution in [0.25, 0.3) is 0 Å². The Kier molecular flexibility index (Phi) is 4.20. The van der Waals surface area contributed by atoms with Crippen molar-refractivity contribution in [2.24, 2.45) is 5.10 Å². The maximum atomic E-state index is 14.0. The number of thiazole rings is 1. The number of benzene rings is 1. The molecule has 3 rings (SSSR count). The lowest BCUT2D eigenvalue weighted by Gasteiger charge is -2.18. The number of hydrogen-bond acceptors (Lipinski definition) is 6. The second kappa shape index (κ2) is 6.44. The maximum absolute atomic E-state index is 14.0. The molecule has 0 aliphatic rings. The van der Waals surface area contributed by atoms with Crippen molar-refractivity contribution < 1.29 is 9.18 Å². The highest BCUT2D eigenvalue weighted by Gasteiger charge is 2.20. The normalized spacial score (nSPS) is 11.0. The van der Waals surface area contributed by atoms with E-state index < -0.39 is 5.82 Å². The van der Waals surface area contributed by atoms with Crippen LogP contribution in [0.1, 0.15) is 12.6 Å². The van der Waals surface area contributed by atoms with Crippen LogP contribution >= 0.6 is 11.3 Å². The number of carbonyl (C=O) groups is 1. The Balaban J connectivity index is 1.90. The molecule has 0 unspecified atom stereocenters. The molecule has 0 radical (unpaired) electrons. The fourth-order valence-corrected chi connectivity index (χ4v) is 2.69. The van der Waals surface area contributed by atoms with E-state index in [-0.39, 0.29) is 11.6 Å². The molecule has 7 nitrogen and oxygen atoms in total. The van der Waals surface area contributed by atoms with Crippen molar-refractivity contribution in [3.8, 4) is 0 Å². The molecule has 0 bridgehead atoms. The quantitative estimate of drug-likeness (QED) is 0.689. The van der Waals surface area contributed by atoms with Gasteiger partial charge in [0, 0.05) is 12.3 Å². The van der Waals surface area contributed by atoms with Crippen LogP contribution in [0.4, 0.5) is 15.2 Å². The molecule has 0 aliphatic heterocycles. The van der Waals surface area contributed by atoms with Crippen LogP contribution in [0.15, 0.2) is 47.4 Å². The van der Waals surface area contributed by atoms with E-state index in [0.717, 1.165) is 0 Å². The second-order valence-electron chi connectivity index (χ2n) is 4.45. The van der Waals surface area contributed by atoms with Gasteiger partial charge in [-0.25, -0.2) is 14.1 Å². The number of amides is 1. The van der Waals surface area contributed by atoms with Crippen LogP contribution in [0.2, 0.25) is 0 Å². The lowest BCUT2D eigenvalue weighted by Crippen LogP contribution is -2.23. The predicted octanol–water partition coefficient (Wildman–Crippen LogP) is 2.44. The predicted molar refractivity (Wildman–Crippen MR) is 84.3 cm³/mol. The zero-order valence-electron chi connectivity index (χ0n) is 12.0. The summed E-state index contributed by atoms with van der Waals surface area (Å²) in [5.74, 6) is -0.815. The summed E-state index contributed by atoms with van der Waals surface area (Å²) >= 11 is 1.22. The molecule has 2 heterocycles. The first kappa shape index (κ1) is 15.0. The Bertz CT molecular complexity index is 845. The van der Waals surface area contributed by atoms with Gasteiger partial charge < -0.3 is 0 Å². The minimum Gasteiger partial charge on any atom is -0.274 e. The number of nitrogens with zero attached hydrogens (tertiary/aromatic N) is 6. The Morgan fingerprint density at radius 2 is 2.09 bits per heavy atom. The highest BCUT2D eigenvalue weighted by Crippen LogP contribution is 2.30. The number of para-hydroxylation sites is 1. The van der Waals surface area contributed by atoms with E-state index in [1.165, 1.54) is 58.8 Å².